The Hall–Kier alpha value is -2.99. The number of nitro groups is 1. The van der Waals surface area contributed by atoms with Crippen LogP contribution in [-0.2, 0) is 16.1 Å². The highest BCUT2D eigenvalue weighted by molar-refractivity contribution is 8.77. The van der Waals surface area contributed by atoms with E-state index in [4.69, 9.17) is 9.84 Å². The molecule has 1 fully saturated rings. The maximum Gasteiger partial charge on any atom is 0.506 e. The molecule has 0 saturated heterocycles. The number of amides is 1. The van der Waals surface area contributed by atoms with Crippen LogP contribution in [-0.4, -0.2) is 38.6 Å². The van der Waals surface area contributed by atoms with Crippen molar-refractivity contribution in [2.45, 2.75) is 48.5 Å². The molecule has 1 aliphatic carbocycles. The molecule has 0 unspecified atom stereocenters. The van der Waals surface area contributed by atoms with E-state index in [1.165, 1.54) is 23.1 Å². The molecule has 3 rings (SSSR count). The molecule has 0 radical (unpaired) electrons. The molecule has 1 amide bonds. The number of benzene rings is 1. The summed E-state index contributed by atoms with van der Waals surface area (Å²) in [6.45, 7) is 0.162. The van der Waals surface area contributed by atoms with Gasteiger partial charge in [-0.15, -0.1) is 0 Å². The first-order chi connectivity index (χ1) is 15.8. The minimum Gasteiger partial charge on any atom is -0.450 e. The SMILES string of the molecule is O=C(O)OCc1ccc(NC(=O)OCC2(SSc3ccc([N+](=O)[O-])cn3)CCCCC2)cc1. The van der Waals surface area contributed by atoms with Crippen molar-refractivity contribution in [1.82, 2.24) is 4.98 Å². The Morgan fingerprint density at radius 2 is 1.85 bits per heavy atom. The molecule has 0 bridgehead atoms. The number of hydrogen-bond acceptors (Lipinski definition) is 9. The number of rotatable bonds is 9. The number of hydrogen-bond donors (Lipinski definition) is 2. The highest BCUT2D eigenvalue weighted by Crippen LogP contribution is 2.48. The summed E-state index contributed by atoms with van der Waals surface area (Å²) in [5, 5.41) is 22.7. The molecule has 176 valence electrons. The van der Waals surface area contributed by atoms with Crippen LogP contribution < -0.4 is 5.32 Å². The van der Waals surface area contributed by atoms with Crippen LogP contribution in [0.5, 0.6) is 0 Å². The molecule has 1 aromatic carbocycles. The van der Waals surface area contributed by atoms with Gasteiger partial charge in [0.2, 0.25) is 0 Å². The third kappa shape index (κ3) is 7.82. The molecular weight excluding hydrogens is 470 g/mol. The maximum atomic E-state index is 12.3. The Bertz CT molecular complexity index is 965. The third-order valence-corrected chi connectivity index (χ3v) is 8.23. The summed E-state index contributed by atoms with van der Waals surface area (Å²) in [5.41, 5.74) is 1.12. The van der Waals surface area contributed by atoms with E-state index in [1.54, 1.807) is 41.1 Å². The molecular formula is C21H23N3O7S2. The zero-order chi connectivity index (χ0) is 23.7. The van der Waals surface area contributed by atoms with Crippen molar-refractivity contribution in [3.63, 3.8) is 0 Å². The van der Waals surface area contributed by atoms with Crippen LogP contribution in [0.25, 0.3) is 0 Å². The van der Waals surface area contributed by atoms with Gasteiger partial charge in [-0.3, -0.25) is 15.4 Å². The molecule has 10 nitrogen and oxygen atoms in total. The Morgan fingerprint density at radius 1 is 1.12 bits per heavy atom. The topological polar surface area (TPSA) is 141 Å². The van der Waals surface area contributed by atoms with Gasteiger partial charge in [0.25, 0.3) is 5.69 Å². The number of nitrogens with one attached hydrogen (secondary N) is 1. The first-order valence-corrected chi connectivity index (χ1v) is 12.3. The summed E-state index contributed by atoms with van der Waals surface area (Å²) in [6, 6.07) is 9.64. The lowest BCUT2D eigenvalue weighted by molar-refractivity contribution is -0.385. The van der Waals surface area contributed by atoms with E-state index < -0.39 is 17.2 Å². The van der Waals surface area contributed by atoms with Gasteiger partial charge in [-0.05, 0) is 47.4 Å². The molecule has 0 aliphatic heterocycles. The van der Waals surface area contributed by atoms with Crippen LogP contribution in [0, 0.1) is 10.1 Å². The van der Waals surface area contributed by atoms with Gasteiger partial charge >= 0.3 is 12.2 Å². The second-order valence-electron chi connectivity index (χ2n) is 7.47. The first-order valence-electron chi connectivity index (χ1n) is 10.2. The number of anilines is 1. The standard InChI is InChI=1S/C21H23N3O7S2/c25-19(23-16-6-4-15(5-7-16)13-30-20(26)27)31-14-21(10-2-1-3-11-21)33-32-18-9-8-17(12-22-18)24(28)29/h4-9,12H,1-3,10-11,13-14H2,(H,23,25)(H,26,27). The normalized spacial score (nSPS) is 14.8. The highest BCUT2D eigenvalue weighted by atomic mass is 33.1. The highest BCUT2D eigenvalue weighted by Gasteiger charge is 2.35. The van der Waals surface area contributed by atoms with Gasteiger partial charge in [-0.1, -0.05) is 42.2 Å². The van der Waals surface area contributed by atoms with E-state index in [2.05, 4.69) is 15.0 Å². The molecule has 33 heavy (non-hydrogen) atoms. The lowest BCUT2D eigenvalue weighted by atomic mass is 9.89. The zero-order valence-corrected chi connectivity index (χ0v) is 19.2. The Morgan fingerprint density at radius 3 is 2.45 bits per heavy atom. The number of pyridine rings is 1. The van der Waals surface area contributed by atoms with Crippen molar-refractivity contribution in [3.05, 3.63) is 58.3 Å². The fraction of sp³-hybridized carbons (Fsp3) is 0.381. The maximum absolute atomic E-state index is 12.3. The smallest absolute Gasteiger partial charge is 0.450 e. The van der Waals surface area contributed by atoms with Gasteiger partial charge in [-0.2, -0.15) is 0 Å². The van der Waals surface area contributed by atoms with E-state index in [0.29, 0.717) is 16.3 Å². The lowest BCUT2D eigenvalue weighted by Crippen LogP contribution is -2.34. The lowest BCUT2D eigenvalue weighted by Gasteiger charge is -2.35. The summed E-state index contributed by atoms with van der Waals surface area (Å²) < 4.78 is 9.78. The van der Waals surface area contributed by atoms with Crippen LogP contribution in [0.15, 0.2) is 47.6 Å². The number of carbonyl (C=O) groups is 2. The molecule has 1 aliphatic rings. The summed E-state index contributed by atoms with van der Waals surface area (Å²) in [5.74, 6) is 0. The predicted octanol–water partition coefficient (Wildman–Crippen LogP) is 5.88. The van der Waals surface area contributed by atoms with Gasteiger partial charge in [0.1, 0.15) is 24.4 Å². The second kappa shape index (κ2) is 11.8. The minimum atomic E-state index is -1.35. The van der Waals surface area contributed by atoms with Gasteiger partial charge < -0.3 is 14.6 Å². The Kier molecular flexibility index (Phi) is 8.78. The second-order valence-corrected chi connectivity index (χ2v) is 10.1. The number of aromatic nitrogens is 1. The molecule has 2 N–H and O–H groups in total. The van der Waals surface area contributed by atoms with Crippen LogP contribution >= 0.6 is 21.6 Å². The average Bonchev–Trinajstić information content (AvgIpc) is 2.82. The van der Waals surface area contributed by atoms with E-state index >= 15 is 0 Å². The Balaban J connectivity index is 1.52. The van der Waals surface area contributed by atoms with Crippen LogP contribution in [0.1, 0.15) is 37.7 Å². The summed E-state index contributed by atoms with van der Waals surface area (Å²) >= 11 is 0. The van der Waals surface area contributed by atoms with Crippen molar-refractivity contribution in [2.75, 3.05) is 11.9 Å². The minimum absolute atomic E-state index is 0.0563. The summed E-state index contributed by atoms with van der Waals surface area (Å²) in [6.07, 6.45) is 4.29. The molecule has 0 spiro atoms. The van der Waals surface area contributed by atoms with Gasteiger partial charge in [-0.25, -0.2) is 14.6 Å². The van der Waals surface area contributed by atoms with Crippen molar-refractivity contribution < 1.29 is 29.1 Å². The summed E-state index contributed by atoms with van der Waals surface area (Å²) in [7, 11) is 3.02. The van der Waals surface area contributed by atoms with Crippen LogP contribution in [0.3, 0.4) is 0 Å². The van der Waals surface area contributed by atoms with Gasteiger partial charge in [0.05, 0.1) is 9.67 Å². The quantitative estimate of drug-likeness (QED) is 0.188. The molecule has 1 saturated carbocycles. The molecule has 2 aromatic rings. The van der Waals surface area contributed by atoms with E-state index in [1.807, 2.05) is 0 Å². The van der Waals surface area contributed by atoms with E-state index in [0.717, 1.165) is 32.1 Å². The predicted molar refractivity (Wildman–Crippen MR) is 124 cm³/mol. The van der Waals surface area contributed by atoms with E-state index in [9.17, 15) is 19.7 Å². The van der Waals surface area contributed by atoms with Crippen molar-refractivity contribution in [1.29, 1.82) is 0 Å². The van der Waals surface area contributed by atoms with Crippen molar-refractivity contribution in [3.8, 4) is 0 Å². The fourth-order valence-corrected chi connectivity index (χ4v) is 6.06. The first kappa shape index (κ1) is 24.6. The van der Waals surface area contributed by atoms with Crippen molar-refractivity contribution >= 4 is 45.2 Å². The van der Waals surface area contributed by atoms with Gasteiger partial charge in [0.15, 0.2) is 0 Å². The number of ether oxygens (including phenoxy) is 2. The molecule has 12 heteroatoms. The largest absolute Gasteiger partial charge is 0.506 e. The third-order valence-electron chi connectivity index (χ3n) is 5.03. The number of carbonyl (C=O) groups excluding carboxylic acids is 1. The fourth-order valence-electron chi connectivity index (χ4n) is 3.29. The summed E-state index contributed by atoms with van der Waals surface area (Å²) in [4.78, 5) is 37.2. The van der Waals surface area contributed by atoms with Gasteiger partial charge in [0, 0.05) is 11.8 Å². The Labute approximate surface area is 198 Å². The van der Waals surface area contributed by atoms with E-state index in [-0.39, 0.29) is 23.6 Å². The number of carboxylic acid groups (broad SMARTS) is 1. The molecule has 1 heterocycles. The van der Waals surface area contributed by atoms with Crippen LogP contribution in [0.2, 0.25) is 0 Å². The number of nitrogens with zero attached hydrogens (tertiary/aromatic N) is 2. The molecule has 1 aromatic heterocycles. The zero-order valence-electron chi connectivity index (χ0n) is 17.6. The molecule has 0 atom stereocenters. The average molecular weight is 494 g/mol. The van der Waals surface area contributed by atoms with Crippen LogP contribution in [0.4, 0.5) is 21.0 Å². The monoisotopic (exact) mass is 493 g/mol. The van der Waals surface area contributed by atoms with Crippen molar-refractivity contribution in [2.24, 2.45) is 0 Å².